The van der Waals surface area contributed by atoms with Crippen molar-refractivity contribution in [1.82, 2.24) is 4.98 Å². The van der Waals surface area contributed by atoms with Crippen molar-refractivity contribution >= 4 is 29.0 Å². The minimum Gasteiger partial charge on any atom is -0.369 e. The van der Waals surface area contributed by atoms with Gasteiger partial charge < -0.3 is 5.32 Å². The highest BCUT2D eigenvalue weighted by atomic mass is 35.5. The average Bonchev–Trinajstić information content (AvgIpc) is 2.30. The Kier molecular flexibility index (Phi) is 5.93. The fraction of sp³-hybridized carbons (Fsp3) is 0.583. The summed E-state index contributed by atoms with van der Waals surface area (Å²) in [6.07, 6.45) is 3.85. The minimum atomic E-state index is 0.146. The molecule has 0 fully saturated rings. The highest BCUT2D eigenvalue weighted by Crippen LogP contribution is 2.19. The van der Waals surface area contributed by atoms with E-state index in [9.17, 15) is 0 Å². The van der Waals surface area contributed by atoms with Crippen LogP contribution < -0.4 is 5.32 Å². The van der Waals surface area contributed by atoms with Gasteiger partial charge in [-0.25, -0.2) is 4.98 Å². The quantitative estimate of drug-likeness (QED) is 0.776. The standard InChI is InChI=1S/C12H18Cl2N2/c1-3-9(4-2)11(14)8-16-12-6-5-10(13)7-15-12/h5-7,9,11H,3-4,8H2,1-2H3,(H,15,16). The Morgan fingerprint density at radius 3 is 2.50 bits per heavy atom. The molecule has 0 saturated heterocycles. The number of pyridine rings is 1. The van der Waals surface area contributed by atoms with Gasteiger partial charge in [0, 0.05) is 12.7 Å². The predicted molar refractivity (Wildman–Crippen MR) is 71.4 cm³/mol. The van der Waals surface area contributed by atoms with Crippen LogP contribution in [0.5, 0.6) is 0 Å². The van der Waals surface area contributed by atoms with Gasteiger partial charge in [0.05, 0.1) is 10.4 Å². The number of nitrogens with zero attached hydrogens (tertiary/aromatic N) is 1. The summed E-state index contributed by atoms with van der Waals surface area (Å²) in [5, 5.41) is 4.01. The van der Waals surface area contributed by atoms with E-state index < -0.39 is 0 Å². The van der Waals surface area contributed by atoms with Gasteiger partial charge >= 0.3 is 0 Å². The molecule has 1 aromatic heterocycles. The molecular formula is C12H18Cl2N2. The van der Waals surface area contributed by atoms with Gasteiger partial charge in [0.15, 0.2) is 0 Å². The Morgan fingerprint density at radius 2 is 2.00 bits per heavy atom. The van der Waals surface area contributed by atoms with E-state index in [2.05, 4.69) is 24.1 Å². The van der Waals surface area contributed by atoms with Crippen molar-refractivity contribution in [3.05, 3.63) is 23.4 Å². The molecule has 1 N–H and O–H groups in total. The highest BCUT2D eigenvalue weighted by Gasteiger charge is 2.15. The van der Waals surface area contributed by atoms with Gasteiger partial charge in [-0.3, -0.25) is 0 Å². The van der Waals surface area contributed by atoms with Crippen LogP contribution in [0.15, 0.2) is 18.3 Å². The van der Waals surface area contributed by atoms with Crippen molar-refractivity contribution < 1.29 is 0 Å². The van der Waals surface area contributed by atoms with Crippen molar-refractivity contribution in [2.45, 2.75) is 32.1 Å². The average molecular weight is 261 g/mol. The van der Waals surface area contributed by atoms with Crippen LogP contribution in [0, 0.1) is 5.92 Å². The predicted octanol–water partition coefficient (Wildman–Crippen LogP) is 4.19. The van der Waals surface area contributed by atoms with Crippen LogP contribution in [0.25, 0.3) is 0 Å². The van der Waals surface area contributed by atoms with Crippen LogP contribution >= 0.6 is 23.2 Å². The Balaban J connectivity index is 2.42. The maximum atomic E-state index is 6.31. The number of nitrogens with one attached hydrogen (secondary N) is 1. The fourth-order valence-corrected chi connectivity index (χ4v) is 2.19. The van der Waals surface area contributed by atoms with E-state index in [0.29, 0.717) is 10.9 Å². The van der Waals surface area contributed by atoms with E-state index in [4.69, 9.17) is 23.2 Å². The smallest absolute Gasteiger partial charge is 0.126 e. The molecule has 1 atom stereocenters. The molecule has 0 spiro atoms. The van der Waals surface area contributed by atoms with Gasteiger partial charge in [-0.2, -0.15) is 0 Å². The zero-order chi connectivity index (χ0) is 12.0. The van der Waals surface area contributed by atoms with E-state index in [1.165, 1.54) is 0 Å². The van der Waals surface area contributed by atoms with Crippen LogP contribution in [0.4, 0.5) is 5.82 Å². The number of hydrogen-bond donors (Lipinski definition) is 1. The van der Waals surface area contributed by atoms with Crippen LogP contribution in [-0.2, 0) is 0 Å². The van der Waals surface area contributed by atoms with Gasteiger partial charge in [0.25, 0.3) is 0 Å². The molecule has 0 aliphatic carbocycles. The fourth-order valence-electron chi connectivity index (χ4n) is 1.65. The largest absolute Gasteiger partial charge is 0.369 e. The van der Waals surface area contributed by atoms with Crippen LogP contribution in [0.3, 0.4) is 0 Å². The first-order valence-electron chi connectivity index (χ1n) is 5.66. The Labute approximate surface area is 107 Å². The maximum absolute atomic E-state index is 6.31. The third-order valence-corrected chi connectivity index (χ3v) is 3.50. The lowest BCUT2D eigenvalue weighted by Crippen LogP contribution is -2.23. The number of hydrogen-bond acceptors (Lipinski definition) is 2. The Bertz CT molecular complexity index is 296. The topological polar surface area (TPSA) is 24.9 Å². The first-order valence-corrected chi connectivity index (χ1v) is 6.48. The second-order valence-corrected chi connectivity index (χ2v) is 4.83. The number of anilines is 1. The van der Waals surface area contributed by atoms with E-state index >= 15 is 0 Å². The second kappa shape index (κ2) is 6.97. The van der Waals surface area contributed by atoms with Gasteiger partial charge in [-0.15, -0.1) is 11.6 Å². The number of halogens is 2. The van der Waals surface area contributed by atoms with Crippen molar-refractivity contribution in [1.29, 1.82) is 0 Å². The third-order valence-electron chi connectivity index (χ3n) is 2.77. The molecule has 1 unspecified atom stereocenters. The molecule has 0 bridgehead atoms. The molecule has 1 aromatic rings. The lowest BCUT2D eigenvalue weighted by molar-refractivity contribution is 0.475. The molecule has 0 aliphatic heterocycles. The number of alkyl halides is 1. The van der Waals surface area contributed by atoms with Gasteiger partial charge in [-0.1, -0.05) is 38.3 Å². The summed E-state index contributed by atoms with van der Waals surface area (Å²) >= 11 is 12.1. The molecular weight excluding hydrogens is 243 g/mol. The van der Waals surface area contributed by atoms with Crippen LogP contribution in [0.1, 0.15) is 26.7 Å². The molecule has 2 nitrogen and oxygen atoms in total. The summed E-state index contributed by atoms with van der Waals surface area (Å²) in [5.74, 6) is 1.38. The van der Waals surface area contributed by atoms with Crippen molar-refractivity contribution in [3.8, 4) is 0 Å². The Hall–Kier alpha value is -0.470. The maximum Gasteiger partial charge on any atom is 0.126 e. The summed E-state index contributed by atoms with van der Waals surface area (Å²) < 4.78 is 0. The summed E-state index contributed by atoms with van der Waals surface area (Å²) in [4.78, 5) is 4.16. The zero-order valence-corrected chi connectivity index (χ0v) is 11.2. The van der Waals surface area contributed by atoms with Crippen LogP contribution in [0.2, 0.25) is 5.02 Å². The number of aromatic nitrogens is 1. The molecule has 4 heteroatoms. The molecule has 0 aromatic carbocycles. The monoisotopic (exact) mass is 260 g/mol. The van der Waals surface area contributed by atoms with Gasteiger partial charge in [-0.05, 0) is 18.1 Å². The van der Waals surface area contributed by atoms with Crippen molar-refractivity contribution in [2.24, 2.45) is 5.92 Å². The van der Waals surface area contributed by atoms with E-state index in [1.54, 1.807) is 6.20 Å². The van der Waals surface area contributed by atoms with Crippen molar-refractivity contribution in [3.63, 3.8) is 0 Å². The lowest BCUT2D eigenvalue weighted by atomic mass is 9.99. The summed E-state index contributed by atoms with van der Waals surface area (Å²) in [7, 11) is 0. The van der Waals surface area contributed by atoms with E-state index in [0.717, 1.165) is 25.2 Å². The molecule has 1 rings (SSSR count). The molecule has 90 valence electrons. The molecule has 1 heterocycles. The minimum absolute atomic E-state index is 0.146. The third kappa shape index (κ3) is 4.18. The summed E-state index contributed by atoms with van der Waals surface area (Å²) in [6.45, 7) is 5.08. The molecule has 0 saturated carbocycles. The normalized spacial score (nSPS) is 12.8. The van der Waals surface area contributed by atoms with Gasteiger partial charge in [0.2, 0.25) is 0 Å². The van der Waals surface area contributed by atoms with E-state index in [-0.39, 0.29) is 5.38 Å². The van der Waals surface area contributed by atoms with Crippen molar-refractivity contribution in [2.75, 3.05) is 11.9 Å². The molecule has 16 heavy (non-hydrogen) atoms. The lowest BCUT2D eigenvalue weighted by Gasteiger charge is -2.19. The molecule has 0 amide bonds. The van der Waals surface area contributed by atoms with Crippen LogP contribution in [-0.4, -0.2) is 16.9 Å². The molecule has 0 aliphatic rings. The first kappa shape index (κ1) is 13.6. The van der Waals surface area contributed by atoms with E-state index in [1.807, 2.05) is 12.1 Å². The first-order chi connectivity index (χ1) is 7.67. The SMILES string of the molecule is CCC(CC)C(Cl)CNc1ccc(Cl)cn1. The highest BCUT2D eigenvalue weighted by molar-refractivity contribution is 6.30. The summed E-state index contributed by atoms with van der Waals surface area (Å²) in [6, 6.07) is 3.68. The Morgan fingerprint density at radius 1 is 1.31 bits per heavy atom. The summed E-state index contributed by atoms with van der Waals surface area (Å²) in [5.41, 5.74) is 0. The second-order valence-electron chi connectivity index (χ2n) is 3.84. The molecule has 0 radical (unpaired) electrons. The number of rotatable bonds is 6. The van der Waals surface area contributed by atoms with Gasteiger partial charge in [0.1, 0.15) is 5.82 Å². The zero-order valence-electron chi connectivity index (χ0n) is 9.71.